The molecule has 4 heteroatoms. The van der Waals surface area contributed by atoms with Gasteiger partial charge in [0.25, 0.3) is 0 Å². The molecule has 0 aliphatic carbocycles. The maximum absolute atomic E-state index is 11.8. The van der Waals surface area contributed by atoms with Crippen LogP contribution < -0.4 is 0 Å². The molecule has 0 aliphatic rings. The van der Waals surface area contributed by atoms with Crippen LogP contribution in [0.5, 0.6) is 0 Å². The molecule has 20 heavy (non-hydrogen) atoms. The fourth-order valence-electron chi connectivity index (χ4n) is 1.98. The number of carbonyl (C=O) groups is 2. The van der Waals surface area contributed by atoms with Crippen molar-refractivity contribution in [3.05, 3.63) is 34.9 Å². The highest BCUT2D eigenvalue weighted by Crippen LogP contribution is 2.16. The summed E-state index contributed by atoms with van der Waals surface area (Å²) in [5.41, 5.74) is 2.59. The van der Waals surface area contributed by atoms with Crippen molar-refractivity contribution >= 4 is 11.9 Å². The van der Waals surface area contributed by atoms with E-state index in [2.05, 4.69) is 0 Å². The Hall–Kier alpha value is -1.84. The lowest BCUT2D eigenvalue weighted by molar-refractivity contribution is -0.143. The minimum absolute atomic E-state index is 0.194. The van der Waals surface area contributed by atoms with E-state index in [-0.39, 0.29) is 11.9 Å². The Bertz CT molecular complexity index is 466. The Morgan fingerprint density at radius 1 is 1.05 bits per heavy atom. The molecule has 1 aromatic rings. The molecule has 0 N–H and O–H groups in total. The van der Waals surface area contributed by atoms with Crippen molar-refractivity contribution in [2.24, 2.45) is 0 Å². The highest BCUT2D eigenvalue weighted by Gasteiger charge is 2.12. The summed E-state index contributed by atoms with van der Waals surface area (Å²) in [5.74, 6) is -0.485. The van der Waals surface area contributed by atoms with Gasteiger partial charge in [0.1, 0.15) is 0 Å². The molecule has 0 bridgehead atoms. The molecule has 0 fully saturated rings. The zero-order chi connectivity index (χ0) is 15.0. The Morgan fingerprint density at radius 3 is 2.35 bits per heavy atom. The summed E-state index contributed by atoms with van der Waals surface area (Å²) in [6.07, 6.45) is 1.73. The monoisotopic (exact) mass is 278 g/mol. The average molecular weight is 278 g/mol. The number of hydrogen-bond donors (Lipinski definition) is 0. The zero-order valence-electron chi connectivity index (χ0n) is 12.4. The molecule has 0 saturated carbocycles. The number of esters is 2. The summed E-state index contributed by atoms with van der Waals surface area (Å²) in [5, 5.41) is 0. The van der Waals surface area contributed by atoms with Crippen molar-refractivity contribution in [2.45, 2.75) is 40.0 Å². The van der Waals surface area contributed by atoms with Gasteiger partial charge in [-0.15, -0.1) is 0 Å². The molecule has 0 heterocycles. The molecule has 1 rings (SSSR count). The molecule has 0 spiro atoms. The largest absolute Gasteiger partial charge is 0.466 e. The molecular weight excluding hydrogens is 256 g/mol. The van der Waals surface area contributed by atoms with Gasteiger partial charge in [0.05, 0.1) is 18.8 Å². The first-order chi connectivity index (χ1) is 9.62. The van der Waals surface area contributed by atoms with Crippen LogP contribution in [0.25, 0.3) is 0 Å². The van der Waals surface area contributed by atoms with Crippen LogP contribution in [0.3, 0.4) is 0 Å². The number of ether oxygens (including phenoxy) is 2. The molecule has 110 valence electrons. The number of hydrogen-bond acceptors (Lipinski definition) is 4. The van der Waals surface area contributed by atoms with E-state index in [9.17, 15) is 9.59 Å². The van der Waals surface area contributed by atoms with E-state index in [1.165, 1.54) is 0 Å². The SMILES string of the molecule is CCOC(=O)CCc1ccc(C(=O)OCC)c(CC)c1. The Morgan fingerprint density at radius 2 is 1.75 bits per heavy atom. The first-order valence-corrected chi connectivity index (χ1v) is 7.06. The van der Waals surface area contributed by atoms with Crippen LogP contribution in [0.4, 0.5) is 0 Å². The van der Waals surface area contributed by atoms with Crippen LogP contribution >= 0.6 is 0 Å². The minimum Gasteiger partial charge on any atom is -0.466 e. The summed E-state index contributed by atoms with van der Waals surface area (Å²) >= 11 is 0. The average Bonchev–Trinajstić information content (AvgIpc) is 2.45. The summed E-state index contributed by atoms with van der Waals surface area (Å²) in [4.78, 5) is 23.1. The van der Waals surface area contributed by atoms with Crippen molar-refractivity contribution in [3.8, 4) is 0 Å². The summed E-state index contributed by atoms with van der Waals surface area (Å²) < 4.78 is 9.93. The molecule has 0 aromatic heterocycles. The summed E-state index contributed by atoms with van der Waals surface area (Å²) in [7, 11) is 0. The molecule has 1 aromatic carbocycles. The van der Waals surface area contributed by atoms with Gasteiger partial charge >= 0.3 is 11.9 Å². The second-order valence-electron chi connectivity index (χ2n) is 4.37. The lowest BCUT2D eigenvalue weighted by atomic mass is 9.99. The predicted octanol–water partition coefficient (Wildman–Crippen LogP) is 2.92. The maximum Gasteiger partial charge on any atom is 0.338 e. The number of carbonyl (C=O) groups excluding carboxylic acids is 2. The maximum atomic E-state index is 11.8. The van der Waals surface area contributed by atoms with Crippen LogP contribution in [0.15, 0.2) is 18.2 Å². The highest BCUT2D eigenvalue weighted by molar-refractivity contribution is 5.91. The Labute approximate surface area is 120 Å². The summed E-state index contributed by atoms with van der Waals surface area (Å²) in [6.45, 7) is 6.35. The van der Waals surface area contributed by atoms with Crippen molar-refractivity contribution in [3.63, 3.8) is 0 Å². The second-order valence-corrected chi connectivity index (χ2v) is 4.37. The van der Waals surface area contributed by atoms with E-state index in [0.717, 1.165) is 17.5 Å². The molecule has 0 amide bonds. The minimum atomic E-state index is -0.290. The smallest absolute Gasteiger partial charge is 0.338 e. The summed E-state index contributed by atoms with van der Waals surface area (Å²) in [6, 6.07) is 5.60. The molecule has 0 saturated heterocycles. The first-order valence-electron chi connectivity index (χ1n) is 7.06. The third-order valence-corrected chi connectivity index (χ3v) is 2.97. The lowest BCUT2D eigenvalue weighted by Gasteiger charge is -2.09. The molecular formula is C16H22O4. The van der Waals surface area contributed by atoms with Gasteiger partial charge in [-0.1, -0.05) is 19.1 Å². The van der Waals surface area contributed by atoms with Crippen LogP contribution in [-0.4, -0.2) is 25.2 Å². The normalized spacial score (nSPS) is 10.2. The highest BCUT2D eigenvalue weighted by atomic mass is 16.5. The predicted molar refractivity (Wildman–Crippen MR) is 76.7 cm³/mol. The van der Waals surface area contributed by atoms with Crippen molar-refractivity contribution < 1.29 is 19.1 Å². The van der Waals surface area contributed by atoms with E-state index >= 15 is 0 Å². The van der Waals surface area contributed by atoms with E-state index in [1.807, 2.05) is 19.1 Å². The van der Waals surface area contributed by atoms with E-state index in [0.29, 0.717) is 31.6 Å². The number of benzene rings is 1. The molecule has 0 unspecified atom stereocenters. The van der Waals surface area contributed by atoms with Crippen molar-refractivity contribution in [2.75, 3.05) is 13.2 Å². The van der Waals surface area contributed by atoms with Gasteiger partial charge in [-0.3, -0.25) is 4.79 Å². The van der Waals surface area contributed by atoms with Crippen LogP contribution in [0.1, 0.15) is 48.7 Å². The van der Waals surface area contributed by atoms with Gasteiger partial charge in [0, 0.05) is 6.42 Å². The number of aryl methyl sites for hydroxylation is 2. The fraction of sp³-hybridized carbons (Fsp3) is 0.500. The van der Waals surface area contributed by atoms with E-state index in [1.54, 1.807) is 19.9 Å². The fourth-order valence-corrected chi connectivity index (χ4v) is 1.98. The third-order valence-electron chi connectivity index (χ3n) is 2.97. The quantitative estimate of drug-likeness (QED) is 0.720. The van der Waals surface area contributed by atoms with E-state index < -0.39 is 0 Å². The van der Waals surface area contributed by atoms with Gasteiger partial charge in [-0.05, 0) is 43.9 Å². The molecule has 0 aliphatic heterocycles. The standard InChI is InChI=1S/C16H22O4/c1-4-13-11-12(8-10-15(17)19-5-2)7-9-14(13)16(18)20-6-3/h7,9,11H,4-6,8,10H2,1-3H3. The topological polar surface area (TPSA) is 52.6 Å². The molecule has 4 nitrogen and oxygen atoms in total. The van der Waals surface area contributed by atoms with Crippen LogP contribution in [0, 0.1) is 0 Å². The van der Waals surface area contributed by atoms with Crippen LogP contribution in [0.2, 0.25) is 0 Å². The van der Waals surface area contributed by atoms with Gasteiger partial charge in [0.15, 0.2) is 0 Å². The van der Waals surface area contributed by atoms with Gasteiger partial charge in [-0.25, -0.2) is 4.79 Å². The van der Waals surface area contributed by atoms with Gasteiger partial charge in [-0.2, -0.15) is 0 Å². The Kier molecular flexibility index (Phi) is 6.77. The Balaban J connectivity index is 2.76. The second kappa shape index (κ2) is 8.35. The van der Waals surface area contributed by atoms with Crippen molar-refractivity contribution in [1.29, 1.82) is 0 Å². The van der Waals surface area contributed by atoms with Crippen LogP contribution in [-0.2, 0) is 27.1 Å². The number of rotatable bonds is 7. The lowest BCUT2D eigenvalue weighted by Crippen LogP contribution is -2.09. The first kappa shape index (κ1) is 16.2. The zero-order valence-corrected chi connectivity index (χ0v) is 12.4. The van der Waals surface area contributed by atoms with Gasteiger partial charge in [0.2, 0.25) is 0 Å². The third kappa shape index (κ3) is 4.68. The van der Waals surface area contributed by atoms with E-state index in [4.69, 9.17) is 9.47 Å². The van der Waals surface area contributed by atoms with Crippen molar-refractivity contribution in [1.82, 2.24) is 0 Å². The molecule has 0 atom stereocenters. The molecule has 0 radical (unpaired) electrons. The van der Waals surface area contributed by atoms with Gasteiger partial charge < -0.3 is 9.47 Å².